The molecular formula is C10H17NO3. The average Bonchev–Trinajstić information content (AvgIpc) is 2.00. The summed E-state index contributed by atoms with van der Waals surface area (Å²) in [5.41, 5.74) is -0.424. The van der Waals surface area contributed by atoms with Crippen LogP contribution in [0.25, 0.3) is 0 Å². The van der Waals surface area contributed by atoms with Crippen molar-refractivity contribution in [2.24, 2.45) is 5.41 Å². The lowest BCUT2D eigenvalue weighted by Gasteiger charge is -2.42. The summed E-state index contributed by atoms with van der Waals surface area (Å²) in [6.45, 7) is 6.21. The highest BCUT2D eigenvalue weighted by atomic mass is 16.5. The zero-order valence-corrected chi connectivity index (χ0v) is 9.16. The van der Waals surface area contributed by atoms with Gasteiger partial charge >= 0.3 is 5.97 Å². The number of hydrogen-bond donors (Lipinski definition) is 0. The van der Waals surface area contributed by atoms with Crippen molar-refractivity contribution in [2.45, 2.75) is 33.2 Å². The van der Waals surface area contributed by atoms with Gasteiger partial charge in [-0.2, -0.15) is 0 Å². The van der Waals surface area contributed by atoms with E-state index in [1.165, 1.54) is 7.11 Å². The van der Waals surface area contributed by atoms with Crippen LogP contribution in [0.5, 0.6) is 0 Å². The molecule has 1 saturated heterocycles. The van der Waals surface area contributed by atoms with Crippen molar-refractivity contribution in [3.05, 3.63) is 0 Å². The Morgan fingerprint density at radius 1 is 1.36 bits per heavy atom. The van der Waals surface area contributed by atoms with Crippen molar-refractivity contribution in [3.63, 3.8) is 0 Å². The van der Waals surface area contributed by atoms with Gasteiger partial charge in [0.05, 0.1) is 7.11 Å². The van der Waals surface area contributed by atoms with Crippen LogP contribution in [0.15, 0.2) is 0 Å². The molecule has 14 heavy (non-hydrogen) atoms. The van der Waals surface area contributed by atoms with Crippen LogP contribution < -0.4 is 0 Å². The third-order valence-electron chi connectivity index (χ3n) is 2.40. The second kappa shape index (κ2) is 3.59. The summed E-state index contributed by atoms with van der Waals surface area (Å²) < 4.78 is 4.61. The molecule has 0 spiro atoms. The fraction of sp³-hybridized carbons (Fsp3) is 0.800. The van der Waals surface area contributed by atoms with Gasteiger partial charge in [-0.3, -0.25) is 4.79 Å². The maximum atomic E-state index is 11.8. The second-order valence-corrected chi connectivity index (χ2v) is 4.58. The Kier molecular flexibility index (Phi) is 2.83. The first-order valence-corrected chi connectivity index (χ1v) is 4.77. The topological polar surface area (TPSA) is 46.6 Å². The largest absolute Gasteiger partial charge is 0.467 e. The van der Waals surface area contributed by atoms with Crippen molar-refractivity contribution in [3.8, 4) is 0 Å². The summed E-state index contributed by atoms with van der Waals surface area (Å²) in [5.74, 6) is -0.298. The van der Waals surface area contributed by atoms with E-state index in [1.807, 2.05) is 20.8 Å². The third kappa shape index (κ3) is 1.89. The van der Waals surface area contributed by atoms with Crippen molar-refractivity contribution in [1.82, 2.24) is 4.90 Å². The van der Waals surface area contributed by atoms with Gasteiger partial charge in [-0.15, -0.1) is 0 Å². The molecule has 0 radical (unpaired) electrons. The lowest BCUT2D eigenvalue weighted by molar-refractivity contribution is -0.163. The van der Waals surface area contributed by atoms with Gasteiger partial charge in [0.2, 0.25) is 5.91 Å². The lowest BCUT2D eigenvalue weighted by Crippen LogP contribution is -2.58. The smallest absolute Gasteiger partial charge is 0.328 e. The minimum absolute atomic E-state index is 0.0131. The molecule has 1 heterocycles. The minimum Gasteiger partial charge on any atom is -0.467 e. The van der Waals surface area contributed by atoms with E-state index in [-0.39, 0.29) is 17.9 Å². The van der Waals surface area contributed by atoms with Crippen LogP contribution >= 0.6 is 0 Å². The number of amides is 1. The summed E-state index contributed by atoms with van der Waals surface area (Å²) >= 11 is 0. The number of methoxy groups -OCH3 is 1. The molecule has 1 unspecified atom stereocenters. The molecule has 80 valence electrons. The number of nitrogens with zero attached hydrogens (tertiary/aromatic N) is 1. The second-order valence-electron chi connectivity index (χ2n) is 4.58. The number of likely N-dealkylation sites (tertiary alicyclic amines) is 1. The zero-order chi connectivity index (χ0) is 10.9. The molecule has 1 aliphatic heterocycles. The van der Waals surface area contributed by atoms with E-state index < -0.39 is 5.41 Å². The molecule has 0 N–H and O–H groups in total. The predicted octanol–water partition coefficient (Wildman–Crippen LogP) is 0.806. The number of carbonyl (C=O) groups excluding carboxylic acids is 2. The highest BCUT2D eigenvalue weighted by Crippen LogP contribution is 2.26. The molecular weight excluding hydrogens is 182 g/mol. The molecule has 0 saturated carbocycles. The van der Waals surface area contributed by atoms with E-state index in [0.29, 0.717) is 13.0 Å². The molecule has 1 amide bonds. The Morgan fingerprint density at radius 2 is 1.93 bits per heavy atom. The van der Waals surface area contributed by atoms with Crippen LogP contribution in [-0.4, -0.2) is 36.5 Å². The molecule has 0 aromatic heterocycles. The molecule has 4 heteroatoms. The predicted molar refractivity (Wildman–Crippen MR) is 51.6 cm³/mol. The van der Waals surface area contributed by atoms with Gasteiger partial charge in [-0.05, 0) is 6.42 Å². The monoisotopic (exact) mass is 199 g/mol. The highest BCUT2D eigenvalue weighted by Gasteiger charge is 2.41. The first-order chi connectivity index (χ1) is 6.38. The average molecular weight is 199 g/mol. The van der Waals surface area contributed by atoms with Crippen molar-refractivity contribution in [1.29, 1.82) is 0 Å². The molecule has 0 aromatic rings. The van der Waals surface area contributed by atoms with Crippen LogP contribution in [0.3, 0.4) is 0 Å². The summed E-state index contributed by atoms with van der Waals surface area (Å²) in [4.78, 5) is 24.6. The van der Waals surface area contributed by atoms with Gasteiger partial charge in [0.1, 0.15) is 6.04 Å². The van der Waals surface area contributed by atoms with Crippen LogP contribution in [0, 0.1) is 5.41 Å². The SMILES string of the molecule is COC(=O)C1CCN1C(=O)C(C)(C)C. The van der Waals surface area contributed by atoms with Gasteiger partial charge in [0.25, 0.3) is 0 Å². The van der Waals surface area contributed by atoms with E-state index in [4.69, 9.17) is 0 Å². The van der Waals surface area contributed by atoms with Gasteiger partial charge in [0, 0.05) is 12.0 Å². The van der Waals surface area contributed by atoms with Gasteiger partial charge in [0.15, 0.2) is 0 Å². The van der Waals surface area contributed by atoms with E-state index in [0.717, 1.165) is 0 Å². The van der Waals surface area contributed by atoms with Crippen LogP contribution in [0.1, 0.15) is 27.2 Å². The third-order valence-corrected chi connectivity index (χ3v) is 2.40. The van der Waals surface area contributed by atoms with E-state index >= 15 is 0 Å². The molecule has 0 aromatic carbocycles. The van der Waals surface area contributed by atoms with Crippen molar-refractivity contribution < 1.29 is 14.3 Å². The Labute approximate surface area is 84.2 Å². The number of rotatable bonds is 1. The maximum absolute atomic E-state index is 11.8. The zero-order valence-electron chi connectivity index (χ0n) is 9.16. The maximum Gasteiger partial charge on any atom is 0.328 e. The summed E-state index contributed by atoms with van der Waals surface area (Å²) in [6.07, 6.45) is 0.717. The molecule has 0 bridgehead atoms. The quantitative estimate of drug-likeness (QED) is 0.587. The van der Waals surface area contributed by atoms with E-state index in [2.05, 4.69) is 4.74 Å². The van der Waals surface area contributed by atoms with E-state index in [1.54, 1.807) is 4.90 Å². The van der Waals surface area contributed by atoms with E-state index in [9.17, 15) is 9.59 Å². The fourth-order valence-corrected chi connectivity index (χ4v) is 1.44. The molecule has 1 fully saturated rings. The molecule has 1 rings (SSSR count). The molecule has 0 aliphatic carbocycles. The van der Waals surface area contributed by atoms with Crippen molar-refractivity contribution >= 4 is 11.9 Å². The molecule has 1 atom stereocenters. The van der Waals surface area contributed by atoms with Crippen LogP contribution in [0.2, 0.25) is 0 Å². The normalized spacial score (nSPS) is 21.4. The highest BCUT2D eigenvalue weighted by molar-refractivity contribution is 5.88. The minimum atomic E-state index is -0.424. The Balaban J connectivity index is 2.64. The summed E-state index contributed by atoms with van der Waals surface area (Å²) in [7, 11) is 1.35. The van der Waals surface area contributed by atoms with Gasteiger partial charge < -0.3 is 9.64 Å². The molecule has 4 nitrogen and oxygen atoms in total. The van der Waals surface area contributed by atoms with Crippen molar-refractivity contribution in [2.75, 3.05) is 13.7 Å². The first kappa shape index (κ1) is 11.0. The van der Waals surface area contributed by atoms with Crippen LogP contribution in [-0.2, 0) is 14.3 Å². The van der Waals surface area contributed by atoms with Gasteiger partial charge in [-0.1, -0.05) is 20.8 Å². The summed E-state index contributed by atoms with van der Waals surface area (Å²) in [6, 6.07) is -0.355. The summed E-state index contributed by atoms with van der Waals surface area (Å²) in [5, 5.41) is 0. The molecule has 1 aliphatic rings. The lowest BCUT2D eigenvalue weighted by atomic mass is 9.90. The fourth-order valence-electron chi connectivity index (χ4n) is 1.44. The van der Waals surface area contributed by atoms with Gasteiger partial charge in [-0.25, -0.2) is 4.79 Å². The Morgan fingerprint density at radius 3 is 2.21 bits per heavy atom. The Hall–Kier alpha value is -1.06. The standard InChI is InChI=1S/C10H17NO3/c1-10(2,3)9(13)11-6-5-7(11)8(12)14-4/h7H,5-6H2,1-4H3. The number of carbonyl (C=O) groups is 2. The van der Waals surface area contributed by atoms with Crippen LogP contribution in [0.4, 0.5) is 0 Å². The number of hydrogen-bond acceptors (Lipinski definition) is 3. The number of ether oxygens (including phenoxy) is 1. The number of esters is 1. The first-order valence-electron chi connectivity index (χ1n) is 4.77. The Bertz CT molecular complexity index is 255.